The summed E-state index contributed by atoms with van der Waals surface area (Å²) in [5.41, 5.74) is 1.32. The average molecular weight is 497 g/mol. The number of nitrogens with one attached hydrogen (secondary N) is 2. The van der Waals surface area contributed by atoms with E-state index in [1.54, 1.807) is 11.3 Å². The molecule has 0 unspecified atom stereocenters. The zero-order valence-corrected chi connectivity index (χ0v) is 22.5. The van der Waals surface area contributed by atoms with Gasteiger partial charge in [0, 0.05) is 44.4 Å². The van der Waals surface area contributed by atoms with Gasteiger partial charge < -0.3 is 20.4 Å². The molecule has 6 nitrogen and oxygen atoms in total. The lowest BCUT2D eigenvalue weighted by atomic mass is 10.1. The zero-order valence-electron chi connectivity index (χ0n) is 21.7. The molecule has 0 bridgehead atoms. The van der Waals surface area contributed by atoms with E-state index < -0.39 is 0 Å². The number of amides is 2. The van der Waals surface area contributed by atoms with Gasteiger partial charge in [0.2, 0.25) is 0 Å². The van der Waals surface area contributed by atoms with Crippen LogP contribution in [0.5, 0.6) is 0 Å². The first-order chi connectivity index (χ1) is 17.0. The van der Waals surface area contributed by atoms with E-state index >= 15 is 0 Å². The summed E-state index contributed by atoms with van der Waals surface area (Å²) < 4.78 is 2.24. The third kappa shape index (κ3) is 7.26. The second-order valence-corrected chi connectivity index (χ2v) is 9.88. The van der Waals surface area contributed by atoms with Gasteiger partial charge in [-0.1, -0.05) is 27.7 Å². The van der Waals surface area contributed by atoms with Gasteiger partial charge in [0.15, 0.2) is 0 Å². The van der Waals surface area contributed by atoms with Crippen molar-refractivity contribution in [2.24, 2.45) is 0 Å². The van der Waals surface area contributed by atoms with Gasteiger partial charge >= 0.3 is 0 Å². The highest BCUT2D eigenvalue weighted by Crippen LogP contribution is 2.35. The quantitative estimate of drug-likeness (QED) is 0.309. The lowest BCUT2D eigenvalue weighted by Crippen LogP contribution is -2.29. The molecule has 0 spiro atoms. The topological polar surface area (TPSA) is 64.7 Å². The predicted octanol–water partition coefficient (Wildman–Crippen LogP) is 4.98. The van der Waals surface area contributed by atoms with Gasteiger partial charge in [-0.15, -0.1) is 11.3 Å². The van der Waals surface area contributed by atoms with Crippen LogP contribution in [0.25, 0.3) is 20.2 Å². The number of carbonyl (C=O) groups excluding carboxylic acids is 2. The van der Waals surface area contributed by atoms with Gasteiger partial charge in [-0.25, -0.2) is 0 Å². The SMILES string of the molecule is CCN(CC)CCCNC(=O)c1ccc2sc3ccc(C(=O)NCCCN(CC)CC)cc3c2c1. The molecule has 0 saturated carbocycles. The monoisotopic (exact) mass is 496 g/mol. The summed E-state index contributed by atoms with van der Waals surface area (Å²) in [4.78, 5) is 30.2. The van der Waals surface area contributed by atoms with Crippen molar-refractivity contribution in [1.29, 1.82) is 0 Å². The number of fused-ring (bicyclic) bond motifs is 3. The number of rotatable bonds is 14. The minimum Gasteiger partial charge on any atom is -0.352 e. The average Bonchev–Trinajstić information content (AvgIpc) is 3.25. The second-order valence-electron chi connectivity index (χ2n) is 8.80. The smallest absolute Gasteiger partial charge is 0.251 e. The molecule has 0 fully saturated rings. The highest BCUT2D eigenvalue weighted by atomic mass is 32.1. The highest BCUT2D eigenvalue weighted by molar-refractivity contribution is 7.25. The van der Waals surface area contributed by atoms with Crippen LogP contribution in [0.4, 0.5) is 0 Å². The molecule has 2 amide bonds. The minimum atomic E-state index is -0.0482. The third-order valence-electron chi connectivity index (χ3n) is 6.66. The molecule has 0 aliphatic rings. The summed E-state index contributed by atoms with van der Waals surface area (Å²) in [6.07, 6.45) is 1.87. The van der Waals surface area contributed by atoms with Gasteiger partial charge in [-0.3, -0.25) is 9.59 Å². The zero-order chi connectivity index (χ0) is 25.2. The lowest BCUT2D eigenvalue weighted by Gasteiger charge is -2.17. The first kappa shape index (κ1) is 27.1. The fourth-order valence-corrected chi connectivity index (χ4v) is 5.42. The van der Waals surface area contributed by atoms with E-state index in [4.69, 9.17) is 0 Å². The Kier molecular flexibility index (Phi) is 10.5. The Morgan fingerprint density at radius 1 is 0.686 bits per heavy atom. The maximum Gasteiger partial charge on any atom is 0.251 e. The highest BCUT2D eigenvalue weighted by Gasteiger charge is 2.13. The molecule has 0 aliphatic heterocycles. The van der Waals surface area contributed by atoms with Crippen molar-refractivity contribution in [2.75, 3.05) is 52.4 Å². The molecule has 35 heavy (non-hydrogen) atoms. The fourth-order valence-electron chi connectivity index (χ4n) is 4.35. The minimum absolute atomic E-state index is 0.0482. The number of benzene rings is 2. The van der Waals surface area contributed by atoms with Gasteiger partial charge in [0.05, 0.1) is 0 Å². The number of hydrogen-bond donors (Lipinski definition) is 2. The fraction of sp³-hybridized carbons (Fsp3) is 0.500. The van der Waals surface area contributed by atoms with Gasteiger partial charge in [0.1, 0.15) is 0 Å². The number of carbonyl (C=O) groups is 2. The molecule has 0 aliphatic carbocycles. The van der Waals surface area contributed by atoms with Crippen LogP contribution in [0.15, 0.2) is 36.4 Å². The number of thiophene rings is 1. The largest absolute Gasteiger partial charge is 0.352 e. The maximum absolute atomic E-state index is 12.8. The Balaban J connectivity index is 1.66. The first-order valence-electron chi connectivity index (χ1n) is 13.0. The molecule has 190 valence electrons. The number of hydrogen-bond acceptors (Lipinski definition) is 5. The van der Waals surface area contributed by atoms with Crippen LogP contribution in [0.2, 0.25) is 0 Å². The summed E-state index contributed by atoms with van der Waals surface area (Å²) in [6, 6.07) is 11.7. The predicted molar refractivity (Wildman–Crippen MR) is 149 cm³/mol. The Morgan fingerprint density at radius 2 is 1.09 bits per heavy atom. The molecule has 0 radical (unpaired) electrons. The van der Waals surface area contributed by atoms with Gasteiger partial charge in [-0.05, 0) is 88.5 Å². The van der Waals surface area contributed by atoms with Gasteiger partial charge in [-0.2, -0.15) is 0 Å². The summed E-state index contributed by atoms with van der Waals surface area (Å²) in [5, 5.41) is 8.15. The van der Waals surface area contributed by atoms with Gasteiger partial charge in [0.25, 0.3) is 11.8 Å². The van der Waals surface area contributed by atoms with E-state index in [1.165, 1.54) is 0 Å². The lowest BCUT2D eigenvalue weighted by molar-refractivity contribution is 0.0943. The van der Waals surface area contributed by atoms with E-state index in [2.05, 4.69) is 48.1 Å². The van der Waals surface area contributed by atoms with Crippen LogP contribution >= 0.6 is 11.3 Å². The van der Waals surface area contributed by atoms with Crippen LogP contribution in [0.1, 0.15) is 61.3 Å². The molecule has 1 heterocycles. The van der Waals surface area contributed by atoms with Crippen molar-refractivity contribution in [2.45, 2.75) is 40.5 Å². The van der Waals surface area contributed by atoms with Crippen LogP contribution in [0, 0.1) is 0 Å². The van der Waals surface area contributed by atoms with Crippen LogP contribution < -0.4 is 10.6 Å². The molecular formula is C28H40N4O2S. The Bertz CT molecular complexity index is 1030. The summed E-state index contributed by atoms with van der Waals surface area (Å²) in [6.45, 7) is 16.1. The standard InChI is InChI=1S/C28H40N4O2S/c1-5-31(6-2)17-9-15-29-27(33)21-11-13-25-23(19-21)24-20-22(12-14-26(24)35-25)28(34)30-16-10-18-32(7-3)8-4/h11-14,19-20H,5-10,15-18H2,1-4H3,(H,29,33)(H,30,34). The normalized spacial score (nSPS) is 11.6. The summed E-state index contributed by atoms with van der Waals surface area (Å²) in [5.74, 6) is -0.0965. The van der Waals surface area contributed by atoms with Crippen molar-refractivity contribution < 1.29 is 9.59 Å². The van der Waals surface area contributed by atoms with Crippen LogP contribution in [-0.4, -0.2) is 74.0 Å². The maximum atomic E-state index is 12.8. The molecule has 0 atom stereocenters. The molecule has 0 saturated heterocycles. The van der Waals surface area contributed by atoms with Crippen LogP contribution in [-0.2, 0) is 0 Å². The van der Waals surface area contributed by atoms with Crippen molar-refractivity contribution in [3.63, 3.8) is 0 Å². The Hall–Kier alpha value is -2.48. The van der Waals surface area contributed by atoms with Crippen molar-refractivity contribution in [3.05, 3.63) is 47.5 Å². The molecule has 1 aromatic heterocycles. The van der Waals surface area contributed by atoms with Crippen molar-refractivity contribution in [1.82, 2.24) is 20.4 Å². The third-order valence-corrected chi connectivity index (χ3v) is 7.81. The van der Waals surface area contributed by atoms with Crippen molar-refractivity contribution in [3.8, 4) is 0 Å². The molecule has 3 aromatic rings. The van der Waals surface area contributed by atoms with E-state index in [0.717, 1.165) is 72.3 Å². The molecular weight excluding hydrogens is 456 g/mol. The Morgan fingerprint density at radius 3 is 1.46 bits per heavy atom. The van der Waals surface area contributed by atoms with E-state index in [9.17, 15) is 9.59 Å². The molecule has 2 N–H and O–H groups in total. The second kappa shape index (κ2) is 13.6. The number of nitrogens with zero attached hydrogens (tertiary/aromatic N) is 2. The van der Waals surface area contributed by atoms with E-state index in [0.29, 0.717) is 24.2 Å². The van der Waals surface area contributed by atoms with Crippen molar-refractivity contribution >= 4 is 43.3 Å². The van der Waals surface area contributed by atoms with E-state index in [1.807, 2.05) is 36.4 Å². The van der Waals surface area contributed by atoms with Crippen LogP contribution in [0.3, 0.4) is 0 Å². The molecule has 2 aromatic carbocycles. The summed E-state index contributed by atoms with van der Waals surface area (Å²) >= 11 is 1.69. The first-order valence-corrected chi connectivity index (χ1v) is 13.8. The molecule has 3 rings (SSSR count). The van der Waals surface area contributed by atoms with E-state index in [-0.39, 0.29) is 11.8 Å². The summed E-state index contributed by atoms with van der Waals surface area (Å²) in [7, 11) is 0. The Labute approximate surface area is 213 Å². The molecule has 7 heteroatoms.